The van der Waals surface area contributed by atoms with Crippen LogP contribution in [0.1, 0.15) is 16.8 Å². The molecule has 1 atom stereocenters. The fourth-order valence-corrected chi connectivity index (χ4v) is 1.70. The van der Waals surface area contributed by atoms with E-state index < -0.39 is 12.0 Å². The van der Waals surface area contributed by atoms with E-state index in [9.17, 15) is 9.59 Å². The Hall–Kier alpha value is -1.92. The number of benzene rings is 1. The molecule has 0 aliphatic rings. The summed E-state index contributed by atoms with van der Waals surface area (Å²) < 4.78 is 9.64. The van der Waals surface area contributed by atoms with Gasteiger partial charge in [-0.25, -0.2) is 0 Å². The van der Waals surface area contributed by atoms with E-state index in [1.54, 1.807) is 31.4 Å². The zero-order chi connectivity index (χ0) is 15.0. The summed E-state index contributed by atoms with van der Waals surface area (Å²) in [4.78, 5) is 23.6. The van der Waals surface area contributed by atoms with Gasteiger partial charge in [-0.2, -0.15) is 0 Å². The smallest absolute Gasteiger partial charge is 0.323 e. The molecule has 0 amide bonds. The van der Waals surface area contributed by atoms with Crippen LogP contribution in [-0.4, -0.2) is 50.3 Å². The second-order valence-electron chi connectivity index (χ2n) is 4.11. The molecule has 1 aromatic rings. The number of carbonyl (C=O) groups is 2. The van der Waals surface area contributed by atoms with Crippen molar-refractivity contribution >= 4 is 11.8 Å². The number of nitrogens with one attached hydrogen (secondary N) is 1. The van der Waals surface area contributed by atoms with E-state index in [0.717, 1.165) is 0 Å². The molecule has 0 heterocycles. The number of ketones is 1. The molecule has 0 aliphatic heterocycles. The van der Waals surface area contributed by atoms with Gasteiger partial charge in [0.15, 0.2) is 5.78 Å². The molecule has 0 saturated carbocycles. The molecule has 1 rings (SSSR count). The number of methoxy groups -OCH3 is 2. The van der Waals surface area contributed by atoms with Crippen LogP contribution in [0.4, 0.5) is 0 Å². The minimum atomic E-state index is -0.762. The normalized spacial score (nSPS) is 11.8. The molecule has 0 radical (unpaired) electrons. The Morgan fingerprint density at radius 3 is 2.40 bits per heavy atom. The molecule has 6 nitrogen and oxygen atoms in total. The van der Waals surface area contributed by atoms with Crippen molar-refractivity contribution in [2.45, 2.75) is 12.5 Å². The van der Waals surface area contributed by atoms with Gasteiger partial charge in [-0.3, -0.25) is 9.59 Å². The Morgan fingerprint density at radius 1 is 1.25 bits per heavy atom. The highest BCUT2D eigenvalue weighted by atomic mass is 16.5. The van der Waals surface area contributed by atoms with Crippen molar-refractivity contribution in [3.63, 3.8) is 0 Å². The molecule has 0 aliphatic carbocycles. The summed E-state index contributed by atoms with van der Waals surface area (Å²) >= 11 is 0. The van der Waals surface area contributed by atoms with E-state index >= 15 is 0 Å². The predicted molar refractivity (Wildman–Crippen MR) is 72.8 cm³/mol. The average molecular weight is 281 g/mol. The van der Waals surface area contributed by atoms with Crippen LogP contribution in [0, 0.1) is 0 Å². The fraction of sp³-hybridized carbons (Fsp3) is 0.429. The molecule has 2 N–H and O–H groups in total. The zero-order valence-corrected chi connectivity index (χ0v) is 11.6. The van der Waals surface area contributed by atoms with E-state index in [4.69, 9.17) is 9.84 Å². The van der Waals surface area contributed by atoms with Gasteiger partial charge in [-0.05, 0) is 24.3 Å². The minimum Gasteiger partial charge on any atom is -0.497 e. The second-order valence-corrected chi connectivity index (χ2v) is 4.11. The molecule has 1 unspecified atom stereocenters. The van der Waals surface area contributed by atoms with Crippen LogP contribution in [0.2, 0.25) is 0 Å². The van der Waals surface area contributed by atoms with Crippen LogP contribution in [0.5, 0.6) is 5.75 Å². The third kappa shape index (κ3) is 4.64. The number of carbonyl (C=O) groups excluding carboxylic acids is 2. The van der Waals surface area contributed by atoms with Crippen molar-refractivity contribution in [1.82, 2.24) is 5.32 Å². The quantitative estimate of drug-likeness (QED) is 0.530. The van der Waals surface area contributed by atoms with Crippen LogP contribution in [-0.2, 0) is 9.53 Å². The van der Waals surface area contributed by atoms with Gasteiger partial charge in [0.25, 0.3) is 0 Å². The molecule has 20 heavy (non-hydrogen) atoms. The molecule has 0 fully saturated rings. The Kier molecular flexibility index (Phi) is 6.69. The Balaban J connectivity index is 2.70. The Morgan fingerprint density at radius 2 is 1.90 bits per heavy atom. The van der Waals surface area contributed by atoms with Gasteiger partial charge in [-0.1, -0.05) is 0 Å². The van der Waals surface area contributed by atoms with Crippen LogP contribution < -0.4 is 10.1 Å². The standard InChI is InChI=1S/C14H19NO5/c1-19-11-5-3-10(4-6-11)13(17)9-12(14(18)20-2)15-7-8-16/h3-6,12,15-16H,7-9H2,1-2H3. The summed E-state index contributed by atoms with van der Waals surface area (Å²) in [7, 11) is 2.80. The van der Waals surface area contributed by atoms with E-state index in [1.165, 1.54) is 7.11 Å². The highest BCUT2D eigenvalue weighted by molar-refractivity contribution is 5.99. The van der Waals surface area contributed by atoms with Crippen molar-refractivity contribution in [3.8, 4) is 5.75 Å². The monoisotopic (exact) mass is 281 g/mol. The lowest BCUT2D eigenvalue weighted by Crippen LogP contribution is -2.40. The number of rotatable bonds is 8. The molecular weight excluding hydrogens is 262 g/mol. The Labute approximate surface area is 117 Å². The maximum atomic E-state index is 12.1. The summed E-state index contributed by atoms with van der Waals surface area (Å²) in [6.07, 6.45) is -0.0288. The third-order valence-electron chi connectivity index (χ3n) is 2.79. The fourth-order valence-electron chi connectivity index (χ4n) is 1.70. The lowest BCUT2D eigenvalue weighted by atomic mass is 10.0. The zero-order valence-electron chi connectivity index (χ0n) is 11.6. The first kappa shape index (κ1) is 16.1. The maximum absolute atomic E-state index is 12.1. The lowest BCUT2D eigenvalue weighted by molar-refractivity contribution is -0.143. The van der Waals surface area contributed by atoms with Crippen molar-refractivity contribution < 1.29 is 24.2 Å². The predicted octanol–water partition coefficient (Wildman–Crippen LogP) is 0.392. The van der Waals surface area contributed by atoms with Gasteiger partial charge in [0.05, 0.1) is 20.8 Å². The summed E-state index contributed by atoms with van der Waals surface area (Å²) in [5, 5.41) is 11.5. The van der Waals surface area contributed by atoms with Gasteiger partial charge < -0.3 is 19.9 Å². The molecule has 0 bridgehead atoms. The summed E-state index contributed by atoms with van der Waals surface area (Å²) in [5.74, 6) is -0.0572. The lowest BCUT2D eigenvalue weighted by Gasteiger charge is -2.15. The number of aliphatic hydroxyl groups excluding tert-OH is 1. The molecule has 0 saturated heterocycles. The molecular formula is C14H19NO5. The van der Waals surface area contributed by atoms with Crippen LogP contribution in [0.25, 0.3) is 0 Å². The number of Topliss-reactive ketones (excluding diaryl/α,β-unsaturated/α-hetero) is 1. The number of esters is 1. The highest BCUT2D eigenvalue weighted by Crippen LogP contribution is 2.13. The molecule has 6 heteroatoms. The van der Waals surface area contributed by atoms with Gasteiger partial charge in [0.1, 0.15) is 11.8 Å². The first-order valence-electron chi connectivity index (χ1n) is 6.21. The Bertz CT molecular complexity index is 443. The van der Waals surface area contributed by atoms with Crippen LogP contribution in [0.3, 0.4) is 0 Å². The van der Waals surface area contributed by atoms with Gasteiger partial charge in [0, 0.05) is 18.5 Å². The van der Waals surface area contributed by atoms with Crippen LogP contribution in [0.15, 0.2) is 24.3 Å². The maximum Gasteiger partial charge on any atom is 0.323 e. The summed E-state index contributed by atoms with van der Waals surface area (Å²) in [6.45, 7) is 0.0971. The van der Waals surface area contributed by atoms with Crippen molar-refractivity contribution in [2.75, 3.05) is 27.4 Å². The minimum absolute atomic E-state index is 0.0288. The number of ether oxygens (including phenoxy) is 2. The number of hydrogen-bond donors (Lipinski definition) is 2. The van der Waals surface area contributed by atoms with Crippen molar-refractivity contribution in [3.05, 3.63) is 29.8 Å². The van der Waals surface area contributed by atoms with Gasteiger partial charge >= 0.3 is 5.97 Å². The van der Waals surface area contributed by atoms with Crippen molar-refractivity contribution in [2.24, 2.45) is 0 Å². The number of hydrogen-bond acceptors (Lipinski definition) is 6. The van der Waals surface area contributed by atoms with Gasteiger partial charge in [-0.15, -0.1) is 0 Å². The average Bonchev–Trinajstić information content (AvgIpc) is 2.50. The van der Waals surface area contributed by atoms with E-state index in [0.29, 0.717) is 11.3 Å². The highest BCUT2D eigenvalue weighted by Gasteiger charge is 2.22. The van der Waals surface area contributed by atoms with Crippen molar-refractivity contribution in [1.29, 1.82) is 0 Å². The second kappa shape index (κ2) is 8.29. The molecule has 1 aromatic carbocycles. The van der Waals surface area contributed by atoms with E-state index in [1.807, 2.05) is 0 Å². The largest absolute Gasteiger partial charge is 0.497 e. The molecule has 0 spiro atoms. The first-order valence-corrected chi connectivity index (χ1v) is 6.21. The molecule has 0 aromatic heterocycles. The van der Waals surface area contributed by atoms with E-state index in [-0.39, 0.29) is 25.4 Å². The summed E-state index contributed by atoms with van der Waals surface area (Å²) in [5.41, 5.74) is 0.491. The molecule has 110 valence electrons. The van der Waals surface area contributed by atoms with Gasteiger partial charge in [0.2, 0.25) is 0 Å². The van der Waals surface area contributed by atoms with Crippen LogP contribution >= 0.6 is 0 Å². The van der Waals surface area contributed by atoms with E-state index in [2.05, 4.69) is 10.1 Å². The topological polar surface area (TPSA) is 84.9 Å². The summed E-state index contributed by atoms with van der Waals surface area (Å²) in [6, 6.07) is 5.88. The first-order chi connectivity index (χ1) is 9.62. The number of aliphatic hydroxyl groups is 1. The third-order valence-corrected chi connectivity index (χ3v) is 2.79. The SMILES string of the molecule is COC(=O)C(CC(=O)c1ccc(OC)cc1)NCCO.